The smallest absolute Gasteiger partial charge is 0.345 e. The maximum Gasteiger partial charge on any atom is 0.345 e. The summed E-state index contributed by atoms with van der Waals surface area (Å²) in [5, 5.41) is 10.7. The molecule has 5 nitrogen and oxygen atoms in total. The van der Waals surface area contributed by atoms with Crippen LogP contribution >= 0.6 is 22.9 Å². The van der Waals surface area contributed by atoms with Gasteiger partial charge >= 0.3 is 5.63 Å². The van der Waals surface area contributed by atoms with E-state index < -0.39 is 5.63 Å². The maximum atomic E-state index is 12.3. The van der Waals surface area contributed by atoms with Gasteiger partial charge in [0.1, 0.15) is 0 Å². The van der Waals surface area contributed by atoms with Gasteiger partial charge in [0.05, 0.1) is 16.3 Å². The molecule has 3 aromatic rings. The summed E-state index contributed by atoms with van der Waals surface area (Å²) in [6.07, 6.45) is 2.15. The van der Waals surface area contributed by atoms with E-state index in [2.05, 4.69) is 15.6 Å². The second kappa shape index (κ2) is 6.55. The Balaban J connectivity index is 1.65. The first-order valence-electron chi connectivity index (χ1n) is 7.86. The van der Waals surface area contributed by atoms with Gasteiger partial charge in [0.2, 0.25) is 0 Å². The number of aromatic nitrogens is 1. The van der Waals surface area contributed by atoms with Gasteiger partial charge in [0.25, 0.3) is 0 Å². The Morgan fingerprint density at radius 1 is 1.33 bits per heavy atom. The van der Waals surface area contributed by atoms with Crippen LogP contribution in [0.5, 0.6) is 0 Å². The van der Waals surface area contributed by atoms with Crippen LogP contribution < -0.4 is 16.3 Å². The number of rotatable bonds is 3. The van der Waals surface area contributed by atoms with Crippen molar-refractivity contribution in [3.8, 4) is 11.3 Å². The average Bonchev–Trinajstić information content (AvgIpc) is 3.04. The third-order valence-electron chi connectivity index (χ3n) is 4.16. The first-order valence-corrected chi connectivity index (χ1v) is 9.12. The fourth-order valence-electron chi connectivity index (χ4n) is 2.89. The van der Waals surface area contributed by atoms with Crippen molar-refractivity contribution in [2.24, 2.45) is 0 Å². The molecular formula is C17H16ClN3O2S. The van der Waals surface area contributed by atoms with E-state index in [1.165, 1.54) is 11.3 Å². The van der Waals surface area contributed by atoms with Crippen LogP contribution in [0.15, 0.2) is 38.9 Å². The molecule has 1 aromatic carbocycles. The molecule has 0 amide bonds. The van der Waals surface area contributed by atoms with Gasteiger partial charge in [-0.25, -0.2) is 9.78 Å². The van der Waals surface area contributed by atoms with Gasteiger partial charge < -0.3 is 15.1 Å². The number of benzene rings is 1. The Hall–Kier alpha value is -1.89. The molecule has 0 aliphatic carbocycles. The quantitative estimate of drug-likeness (QED) is 0.696. The van der Waals surface area contributed by atoms with Gasteiger partial charge in [-0.2, -0.15) is 0 Å². The Morgan fingerprint density at radius 3 is 3.00 bits per heavy atom. The number of nitrogens with zero attached hydrogens (tertiary/aromatic N) is 1. The number of hydrogen-bond acceptors (Lipinski definition) is 6. The van der Waals surface area contributed by atoms with E-state index in [4.69, 9.17) is 16.0 Å². The van der Waals surface area contributed by atoms with E-state index in [1.54, 1.807) is 12.1 Å². The number of thiazole rings is 1. The number of para-hydroxylation sites is 1. The molecule has 0 unspecified atom stereocenters. The number of halogens is 1. The van der Waals surface area contributed by atoms with Crippen molar-refractivity contribution in [3.63, 3.8) is 0 Å². The highest BCUT2D eigenvalue weighted by Gasteiger charge is 2.16. The number of fused-ring (bicyclic) bond motifs is 1. The Labute approximate surface area is 147 Å². The summed E-state index contributed by atoms with van der Waals surface area (Å²) < 4.78 is 5.39. The SMILES string of the molecule is O=c1oc2c(Cl)cccc2cc1-c1csc(NC2CCNCC2)n1. The molecule has 4 rings (SSSR count). The zero-order chi connectivity index (χ0) is 16.5. The molecular weight excluding hydrogens is 346 g/mol. The molecule has 2 aromatic heterocycles. The molecule has 7 heteroatoms. The minimum atomic E-state index is -0.422. The van der Waals surface area contributed by atoms with Gasteiger partial charge in [0.15, 0.2) is 10.7 Å². The standard InChI is InChI=1S/C17H16ClN3O2S/c18-13-3-1-2-10-8-12(16(22)23-15(10)13)14-9-24-17(21-14)20-11-4-6-19-7-5-11/h1-3,8-9,11,19H,4-7H2,(H,20,21). The lowest BCUT2D eigenvalue weighted by molar-refractivity contribution is 0.479. The third kappa shape index (κ3) is 3.05. The number of piperidine rings is 1. The van der Waals surface area contributed by atoms with Crippen molar-refractivity contribution in [3.05, 3.63) is 45.1 Å². The predicted molar refractivity (Wildman–Crippen MR) is 98.1 cm³/mol. The van der Waals surface area contributed by atoms with Crippen LogP contribution in [0.4, 0.5) is 5.13 Å². The summed E-state index contributed by atoms with van der Waals surface area (Å²) in [7, 11) is 0. The lowest BCUT2D eigenvalue weighted by Gasteiger charge is -2.23. The molecule has 24 heavy (non-hydrogen) atoms. The zero-order valence-corrected chi connectivity index (χ0v) is 14.4. The highest BCUT2D eigenvalue weighted by atomic mass is 35.5. The summed E-state index contributed by atoms with van der Waals surface area (Å²) >= 11 is 7.58. The molecule has 1 aliphatic heterocycles. The van der Waals surface area contributed by atoms with Gasteiger partial charge in [0, 0.05) is 16.8 Å². The number of nitrogens with one attached hydrogen (secondary N) is 2. The van der Waals surface area contributed by atoms with Crippen LogP contribution in [0.3, 0.4) is 0 Å². The molecule has 0 atom stereocenters. The van der Waals surface area contributed by atoms with Crippen LogP contribution in [0.25, 0.3) is 22.2 Å². The summed E-state index contributed by atoms with van der Waals surface area (Å²) in [4.78, 5) is 16.9. The Bertz CT molecular complexity index is 931. The van der Waals surface area contributed by atoms with E-state index in [9.17, 15) is 4.79 Å². The highest BCUT2D eigenvalue weighted by molar-refractivity contribution is 7.14. The minimum Gasteiger partial charge on any atom is -0.421 e. The van der Waals surface area contributed by atoms with Crippen LogP contribution in [0.1, 0.15) is 12.8 Å². The second-order valence-electron chi connectivity index (χ2n) is 5.81. The highest BCUT2D eigenvalue weighted by Crippen LogP contribution is 2.28. The van der Waals surface area contributed by atoms with Crippen LogP contribution in [-0.4, -0.2) is 24.1 Å². The molecule has 0 spiro atoms. The fourth-order valence-corrected chi connectivity index (χ4v) is 3.90. The molecule has 3 heterocycles. The van der Waals surface area contributed by atoms with Crippen molar-refractivity contribution in [2.75, 3.05) is 18.4 Å². The molecule has 1 fully saturated rings. The lowest BCUT2D eigenvalue weighted by Crippen LogP contribution is -2.35. The normalized spacial score (nSPS) is 15.7. The van der Waals surface area contributed by atoms with Gasteiger partial charge in [-0.3, -0.25) is 0 Å². The Kier molecular flexibility index (Phi) is 4.26. The molecule has 1 saturated heterocycles. The Morgan fingerprint density at radius 2 is 2.17 bits per heavy atom. The third-order valence-corrected chi connectivity index (χ3v) is 5.23. The number of hydrogen-bond donors (Lipinski definition) is 2. The topological polar surface area (TPSA) is 67.2 Å². The minimum absolute atomic E-state index is 0.413. The fraction of sp³-hybridized carbons (Fsp3) is 0.294. The van der Waals surface area contributed by atoms with Crippen molar-refractivity contribution >= 4 is 39.0 Å². The average molecular weight is 362 g/mol. The van der Waals surface area contributed by atoms with Gasteiger partial charge in [-0.15, -0.1) is 11.3 Å². The van der Waals surface area contributed by atoms with Crippen molar-refractivity contribution in [2.45, 2.75) is 18.9 Å². The summed E-state index contributed by atoms with van der Waals surface area (Å²) in [6, 6.07) is 7.62. The summed E-state index contributed by atoms with van der Waals surface area (Å²) in [5.41, 5.74) is 1.08. The van der Waals surface area contributed by atoms with Crippen LogP contribution in [-0.2, 0) is 0 Å². The van der Waals surface area contributed by atoms with E-state index in [1.807, 2.05) is 17.5 Å². The van der Waals surface area contributed by atoms with E-state index >= 15 is 0 Å². The first kappa shape index (κ1) is 15.6. The van der Waals surface area contributed by atoms with Gasteiger partial charge in [-0.05, 0) is 38.1 Å². The first-order chi connectivity index (χ1) is 11.7. The summed E-state index contributed by atoms with van der Waals surface area (Å²) in [5.74, 6) is 0. The van der Waals surface area contributed by atoms with Crippen molar-refractivity contribution < 1.29 is 4.42 Å². The predicted octanol–water partition coefficient (Wildman–Crippen LogP) is 3.73. The molecule has 2 N–H and O–H groups in total. The van der Waals surface area contributed by atoms with Gasteiger partial charge in [-0.1, -0.05) is 23.7 Å². The summed E-state index contributed by atoms with van der Waals surface area (Å²) in [6.45, 7) is 2.04. The lowest BCUT2D eigenvalue weighted by atomic mass is 10.1. The van der Waals surface area contributed by atoms with E-state index in [-0.39, 0.29) is 0 Å². The molecule has 1 aliphatic rings. The molecule has 0 saturated carbocycles. The monoisotopic (exact) mass is 361 g/mol. The number of anilines is 1. The van der Waals surface area contributed by atoms with Crippen molar-refractivity contribution in [1.82, 2.24) is 10.3 Å². The molecule has 0 radical (unpaired) electrons. The maximum absolute atomic E-state index is 12.3. The van der Waals surface area contributed by atoms with E-state index in [0.717, 1.165) is 36.4 Å². The molecule has 124 valence electrons. The zero-order valence-electron chi connectivity index (χ0n) is 12.8. The van der Waals surface area contributed by atoms with Crippen molar-refractivity contribution in [1.29, 1.82) is 0 Å². The molecule has 0 bridgehead atoms. The van der Waals surface area contributed by atoms with Crippen LogP contribution in [0, 0.1) is 0 Å². The van der Waals surface area contributed by atoms with Crippen LogP contribution in [0.2, 0.25) is 5.02 Å². The second-order valence-corrected chi connectivity index (χ2v) is 7.08. The largest absolute Gasteiger partial charge is 0.421 e. The van der Waals surface area contributed by atoms with E-state index in [0.29, 0.717) is 27.9 Å².